The van der Waals surface area contributed by atoms with Crippen LogP contribution in [-0.2, 0) is 0 Å². The van der Waals surface area contributed by atoms with Gasteiger partial charge in [-0.2, -0.15) is 0 Å². The molecule has 1 unspecified atom stereocenters. The van der Waals surface area contributed by atoms with Gasteiger partial charge < -0.3 is 5.73 Å². The van der Waals surface area contributed by atoms with Crippen molar-refractivity contribution in [1.29, 1.82) is 0 Å². The highest BCUT2D eigenvalue weighted by Crippen LogP contribution is 2.43. The van der Waals surface area contributed by atoms with Crippen LogP contribution in [-0.4, -0.2) is 6.04 Å². The van der Waals surface area contributed by atoms with Crippen molar-refractivity contribution in [3.8, 4) is 0 Å². The second-order valence-electron chi connectivity index (χ2n) is 4.80. The van der Waals surface area contributed by atoms with Crippen LogP contribution in [0.15, 0.2) is 24.3 Å². The normalized spacial score (nSPS) is 27.1. The maximum Gasteiger partial charge on any atom is 0.123 e. The lowest BCUT2D eigenvalue weighted by Gasteiger charge is -2.36. The van der Waals surface area contributed by atoms with Gasteiger partial charge in [-0.15, -0.1) is 0 Å². The van der Waals surface area contributed by atoms with Crippen molar-refractivity contribution in [2.75, 3.05) is 0 Å². The topological polar surface area (TPSA) is 26.0 Å². The Morgan fingerprint density at radius 1 is 1.33 bits per heavy atom. The molecule has 0 amide bonds. The Bertz CT molecular complexity index is 312. The molecule has 2 heteroatoms. The predicted octanol–water partition coefficient (Wildman–Crippen LogP) is 3.06. The SMILES string of the molecule is CC(N)CC1CC(c2ccc(F)cc2)C1. The molecule has 2 rings (SSSR count). The summed E-state index contributed by atoms with van der Waals surface area (Å²) in [4.78, 5) is 0. The third-order valence-electron chi connectivity index (χ3n) is 3.28. The summed E-state index contributed by atoms with van der Waals surface area (Å²) in [7, 11) is 0. The molecule has 0 radical (unpaired) electrons. The Kier molecular flexibility index (Phi) is 3.06. The summed E-state index contributed by atoms with van der Waals surface area (Å²) >= 11 is 0. The molecule has 1 atom stereocenters. The molecule has 1 saturated carbocycles. The molecule has 0 aliphatic heterocycles. The second kappa shape index (κ2) is 4.31. The van der Waals surface area contributed by atoms with Gasteiger partial charge in [-0.05, 0) is 55.7 Å². The van der Waals surface area contributed by atoms with Crippen molar-refractivity contribution in [2.24, 2.45) is 11.7 Å². The molecule has 1 aliphatic rings. The number of nitrogens with two attached hydrogens (primary N) is 1. The lowest BCUT2D eigenvalue weighted by atomic mass is 9.69. The van der Waals surface area contributed by atoms with Crippen molar-refractivity contribution in [3.05, 3.63) is 35.6 Å². The van der Waals surface area contributed by atoms with E-state index in [0.717, 1.165) is 12.3 Å². The van der Waals surface area contributed by atoms with Crippen LogP contribution in [0.4, 0.5) is 4.39 Å². The Hall–Kier alpha value is -0.890. The first kappa shape index (κ1) is 10.6. The van der Waals surface area contributed by atoms with Gasteiger partial charge in [-0.3, -0.25) is 0 Å². The van der Waals surface area contributed by atoms with Gasteiger partial charge in [0.1, 0.15) is 5.82 Å². The largest absolute Gasteiger partial charge is 0.328 e. The second-order valence-corrected chi connectivity index (χ2v) is 4.80. The Morgan fingerprint density at radius 2 is 1.93 bits per heavy atom. The van der Waals surface area contributed by atoms with Crippen LogP contribution in [0.2, 0.25) is 0 Å². The minimum absolute atomic E-state index is 0.148. The van der Waals surface area contributed by atoms with E-state index in [1.54, 1.807) is 12.1 Å². The number of halogens is 1. The first-order valence-electron chi connectivity index (χ1n) is 5.66. The highest BCUT2D eigenvalue weighted by molar-refractivity contribution is 5.22. The number of hydrogen-bond acceptors (Lipinski definition) is 1. The van der Waals surface area contributed by atoms with Crippen molar-refractivity contribution in [3.63, 3.8) is 0 Å². The third-order valence-corrected chi connectivity index (χ3v) is 3.28. The molecule has 0 saturated heterocycles. The van der Waals surface area contributed by atoms with Crippen LogP contribution in [0.3, 0.4) is 0 Å². The van der Waals surface area contributed by atoms with Gasteiger partial charge in [0.15, 0.2) is 0 Å². The van der Waals surface area contributed by atoms with Crippen LogP contribution in [0.25, 0.3) is 0 Å². The Morgan fingerprint density at radius 3 is 2.47 bits per heavy atom. The van der Waals surface area contributed by atoms with Crippen LogP contribution in [0, 0.1) is 11.7 Å². The van der Waals surface area contributed by atoms with Gasteiger partial charge in [0.25, 0.3) is 0 Å². The quantitative estimate of drug-likeness (QED) is 0.810. The standard InChI is InChI=1S/C13H18FN/c1-9(15)6-10-7-12(8-10)11-2-4-13(14)5-3-11/h2-5,9-10,12H,6-8,15H2,1H3. The van der Waals surface area contributed by atoms with E-state index < -0.39 is 0 Å². The molecule has 2 N–H and O–H groups in total. The molecule has 1 nitrogen and oxygen atoms in total. The van der Waals surface area contributed by atoms with Crippen LogP contribution < -0.4 is 5.73 Å². The van der Waals surface area contributed by atoms with Gasteiger partial charge in [-0.1, -0.05) is 12.1 Å². The molecule has 0 spiro atoms. The summed E-state index contributed by atoms with van der Waals surface area (Å²) in [5.74, 6) is 1.26. The number of hydrogen-bond donors (Lipinski definition) is 1. The fourth-order valence-corrected chi connectivity index (χ4v) is 2.46. The van der Waals surface area contributed by atoms with E-state index in [1.165, 1.54) is 18.4 Å². The molecule has 82 valence electrons. The zero-order valence-electron chi connectivity index (χ0n) is 9.12. The van der Waals surface area contributed by atoms with Gasteiger partial charge in [-0.25, -0.2) is 4.39 Å². The summed E-state index contributed by atoms with van der Waals surface area (Å²) < 4.78 is 12.7. The highest BCUT2D eigenvalue weighted by Gasteiger charge is 2.30. The minimum atomic E-state index is -0.148. The van der Waals surface area contributed by atoms with Gasteiger partial charge in [0, 0.05) is 6.04 Å². The Balaban J connectivity index is 1.86. The summed E-state index contributed by atoms with van der Waals surface area (Å²) in [6.07, 6.45) is 3.55. The first-order valence-corrected chi connectivity index (χ1v) is 5.66. The molecule has 1 fully saturated rings. The van der Waals surface area contributed by atoms with Crippen LogP contribution in [0.1, 0.15) is 37.7 Å². The molecule has 1 aromatic carbocycles. The Labute approximate surface area is 90.5 Å². The predicted molar refractivity (Wildman–Crippen MR) is 60.1 cm³/mol. The minimum Gasteiger partial charge on any atom is -0.328 e. The fourth-order valence-electron chi connectivity index (χ4n) is 2.46. The summed E-state index contributed by atoms with van der Waals surface area (Å²) in [5.41, 5.74) is 7.03. The number of benzene rings is 1. The maximum atomic E-state index is 12.7. The van der Waals surface area contributed by atoms with E-state index in [-0.39, 0.29) is 5.82 Å². The third kappa shape index (κ3) is 2.57. The van der Waals surface area contributed by atoms with Crippen LogP contribution >= 0.6 is 0 Å². The molecular weight excluding hydrogens is 189 g/mol. The molecule has 0 aromatic heterocycles. The van der Waals surface area contributed by atoms with E-state index in [1.807, 2.05) is 12.1 Å². The average molecular weight is 207 g/mol. The molecular formula is C13H18FN. The average Bonchev–Trinajstić information content (AvgIpc) is 2.12. The fraction of sp³-hybridized carbons (Fsp3) is 0.538. The van der Waals surface area contributed by atoms with Crippen molar-refractivity contribution < 1.29 is 4.39 Å². The van der Waals surface area contributed by atoms with Crippen LogP contribution in [0.5, 0.6) is 0 Å². The lowest BCUT2D eigenvalue weighted by Crippen LogP contribution is -2.28. The molecule has 15 heavy (non-hydrogen) atoms. The first-order chi connectivity index (χ1) is 7.15. The van der Waals surface area contributed by atoms with Gasteiger partial charge >= 0.3 is 0 Å². The van der Waals surface area contributed by atoms with Gasteiger partial charge in [0.2, 0.25) is 0 Å². The zero-order valence-corrected chi connectivity index (χ0v) is 9.12. The lowest BCUT2D eigenvalue weighted by molar-refractivity contribution is 0.236. The molecule has 1 aliphatic carbocycles. The van der Waals surface area contributed by atoms with E-state index in [9.17, 15) is 4.39 Å². The summed E-state index contributed by atoms with van der Waals surface area (Å²) in [6, 6.07) is 7.22. The zero-order chi connectivity index (χ0) is 10.8. The van der Waals surface area contributed by atoms with Crippen molar-refractivity contribution in [1.82, 2.24) is 0 Å². The van der Waals surface area contributed by atoms with Crippen molar-refractivity contribution in [2.45, 2.75) is 38.1 Å². The number of rotatable bonds is 3. The smallest absolute Gasteiger partial charge is 0.123 e. The summed E-state index contributed by atoms with van der Waals surface area (Å²) in [5, 5.41) is 0. The molecule has 1 aromatic rings. The maximum absolute atomic E-state index is 12.7. The van der Waals surface area contributed by atoms with Gasteiger partial charge in [0.05, 0.1) is 0 Å². The monoisotopic (exact) mass is 207 g/mol. The van der Waals surface area contributed by atoms with Crippen molar-refractivity contribution >= 4 is 0 Å². The highest BCUT2D eigenvalue weighted by atomic mass is 19.1. The van der Waals surface area contributed by atoms with E-state index in [4.69, 9.17) is 5.73 Å². The van der Waals surface area contributed by atoms with E-state index in [2.05, 4.69) is 6.92 Å². The van der Waals surface area contributed by atoms with E-state index >= 15 is 0 Å². The molecule has 0 bridgehead atoms. The summed E-state index contributed by atoms with van der Waals surface area (Å²) in [6.45, 7) is 2.06. The van der Waals surface area contributed by atoms with E-state index in [0.29, 0.717) is 12.0 Å². The molecule has 0 heterocycles.